The van der Waals surface area contributed by atoms with E-state index in [0.717, 1.165) is 5.56 Å². The van der Waals surface area contributed by atoms with Gasteiger partial charge < -0.3 is 29.4 Å². The Hall–Kier alpha value is -4.58. The van der Waals surface area contributed by atoms with Gasteiger partial charge in [-0.3, -0.25) is 9.59 Å². The van der Waals surface area contributed by atoms with Crippen molar-refractivity contribution in [3.63, 3.8) is 0 Å². The van der Waals surface area contributed by atoms with Gasteiger partial charge in [-0.15, -0.1) is 0 Å². The Labute approximate surface area is 262 Å². The third kappa shape index (κ3) is 10.8. The molecule has 0 radical (unpaired) electrons. The Morgan fingerprint density at radius 3 is 2.27 bits per heavy atom. The molecule has 2 amide bonds. The average Bonchev–Trinajstić information content (AvgIpc) is 3.40. The molecule has 0 saturated carbocycles. The first-order chi connectivity index (χ1) is 21.2. The zero-order valence-corrected chi connectivity index (χ0v) is 26.5. The minimum atomic E-state index is -1.43. The smallest absolute Gasteiger partial charge is 0.408 e. The number of alkyl carbamates (subject to hydrolysis) is 1. The molecule has 11 nitrogen and oxygen atoms in total. The molecule has 0 spiro atoms. The highest BCUT2D eigenvalue weighted by Gasteiger charge is 2.35. The Kier molecular flexibility index (Phi) is 12.0. The average molecular weight is 625 g/mol. The number of ether oxygens (including phenoxy) is 3. The number of rotatable bonds is 14. The summed E-state index contributed by atoms with van der Waals surface area (Å²) in [4.78, 5) is 56.4. The lowest BCUT2D eigenvalue weighted by molar-refractivity contribution is -0.145. The molecule has 1 aromatic heterocycles. The van der Waals surface area contributed by atoms with Crippen molar-refractivity contribution < 1.29 is 37.8 Å². The fourth-order valence-electron chi connectivity index (χ4n) is 4.25. The van der Waals surface area contributed by atoms with E-state index in [1.54, 1.807) is 27.7 Å². The molecule has 242 valence electrons. The van der Waals surface area contributed by atoms with E-state index in [1.807, 2.05) is 30.3 Å². The number of nitrogens with one attached hydrogen (secondary N) is 2. The number of hydrogen-bond donors (Lipinski definition) is 2. The second kappa shape index (κ2) is 15.4. The molecule has 0 bridgehead atoms. The van der Waals surface area contributed by atoms with Crippen molar-refractivity contribution in [3.05, 3.63) is 89.8 Å². The van der Waals surface area contributed by atoms with Crippen molar-refractivity contribution in [2.75, 3.05) is 13.2 Å². The third-order valence-corrected chi connectivity index (χ3v) is 6.48. The van der Waals surface area contributed by atoms with Crippen LogP contribution >= 0.6 is 0 Å². The third-order valence-electron chi connectivity index (χ3n) is 6.48. The van der Waals surface area contributed by atoms with Crippen molar-refractivity contribution in [1.29, 1.82) is 0 Å². The second-order valence-corrected chi connectivity index (χ2v) is 11.9. The van der Waals surface area contributed by atoms with E-state index in [4.69, 9.17) is 14.2 Å². The van der Waals surface area contributed by atoms with E-state index in [1.165, 1.54) is 55.2 Å². The van der Waals surface area contributed by atoms with E-state index in [0.29, 0.717) is 11.3 Å². The van der Waals surface area contributed by atoms with E-state index >= 15 is 0 Å². The van der Waals surface area contributed by atoms with Gasteiger partial charge >= 0.3 is 12.1 Å². The van der Waals surface area contributed by atoms with Crippen LogP contribution in [0.25, 0.3) is 0 Å². The van der Waals surface area contributed by atoms with Gasteiger partial charge in [-0.1, -0.05) is 42.5 Å². The first-order valence-corrected chi connectivity index (χ1v) is 14.6. The molecule has 2 atom stereocenters. The van der Waals surface area contributed by atoms with E-state index < -0.39 is 52.8 Å². The summed E-state index contributed by atoms with van der Waals surface area (Å²) in [5.74, 6) is -2.06. The van der Waals surface area contributed by atoms with Gasteiger partial charge in [0.25, 0.3) is 0 Å². The molecule has 1 unspecified atom stereocenters. The summed E-state index contributed by atoms with van der Waals surface area (Å²) in [7, 11) is 0. The molecule has 45 heavy (non-hydrogen) atoms. The van der Waals surface area contributed by atoms with Crippen LogP contribution in [-0.4, -0.2) is 63.7 Å². The molecule has 0 saturated heterocycles. The minimum Gasteiger partial charge on any atom is -0.464 e. The Bertz CT molecular complexity index is 1450. The summed E-state index contributed by atoms with van der Waals surface area (Å²) in [6.07, 6.45) is 1.93. The Morgan fingerprint density at radius 1 is 0.978 bits per heavy atom. The van der Waals surface area contributed by atoms with E-state index in [9.17, 15) is 23.6 Å². The summed E-state index contributed by atoms with van der Waals surface area (Å²) in [6, 6.07) is 12.7. The van der Waals surface area contributed by atoms with Crippen molar-refractivity contribution in [2.45, 2.75) is 77.8 Å². The van der Waals surface area contributed by atoms with E-state index in [2.05, 4.69) is 15.6 Å². The summed E-state index contributed by atoms with van der Waals surface area (Å²) in [5, 5.41) is 5.24. The van der Waals surface area contributed by atoms with Gasteiger partial charge in [0.15, 0.2) is 11.8 Å². The number of amides is 2. The number of aromatic nitrogens is 2. The zero-order chi connectivity index (χ0) is 33.2. The van der Waals surface area contributed by atoms with Crippen LogP contribution in [0, 0.1) is 5.82 Å². The lowest BCUT2D eigenvalue weighted by atomic mass is 10.0. The molecule has 2 N–H and O–H groups in total. The molecular weight excluding hydrogens is 583 g/mol. The SMILES string of the molecule is CCOC(=O)C(c1ccc(F)cc1)n1cnc(CC(=O)[C@@H](COCc2ccccc2)NC(=O)C(C)(C)NC(=O)OC(C)(C)C)c1. The van der Waals surface area contributed by atoms with Crippen LogP contribution in [0.15, 0.2) is 67.1 Å². The molecule has 0 aliphatic rings. The molecule has 1 heterocycles. The molecule has 0 aliphatic carbocycles. The fourth-order valence-corrected chi connectivity index (χ4v) is 4.25. The zero-order valence-electron chi connectivity index (χ0n) is 26.5. The number of imidazole rings is 1. The van der Waals surface area contributed by atoms with Crippen LogP contribution in [-0.2, 0) is 41.6 Å². The van der Waals surface area contributed by atoms with E-state index in [-0.39, 0.29) is 26.2 Å². The number of Topliss-reactive ketones (excluding diaryl/α,β-unsaturated/α-hetero) is 1. The number of carbonyl (C=O) groups excluding carboxylic acids is 4. The number of hydrogen-bond acceptors (Lipinski definition) is 8. The first kappa shape index (κ1) is 34.9. The Balaban J connectivity index is 1.78. The number of halogens is 1. The molecule has 0 aliphatic heterocycles. The maximum Gasteiger partial charge on any atom is 0.408 e. The number of benzene rings is 2. The molecular formula is C33H41FN4O7. The minimum absolute atomic E-state index is 0.139. The molecule has 3 rings (SSSR count). The first-order valence-electron chi connectivity index (χ1n) is 14.6. The highest BCUT2D eigenvalue weighted by molar-refractivity contribution is 5.94. The summed E-state index contributed by atoms with van der Waals surface area (Å²) >= 11 is 0. The summed E-state index contributed by atoms with van der Waals surface area (Å²) in [6.45, 7) is 9.96. The van der Waals surface area contributed by atoms with Gasteiger partial charge in [0.05, 0.1) is 38.3 Å². The number of nitrogens with zero attached hydrogens (tertiary/aromatic N) is 2. The van der Waals surface area contributed by atoms with Crippen molar-refractivity contribution in [2.24, 2.45) is 0 Å². The van der Waals surface area contributed by atoms with Crippen LogP contribution in [0.3, 0.4) is 0 Å². The lowest BCUT2D eigenvalue weighted by Crippen LogP contribution is -2.59. The molecule has 12 heteroatoms. The van der Waals surface area contributed by atoms with Crippen LogP contribution in [0.5, 0.6) is 0 Å². The normalized spacial score (nSPS) is 13.0. The maximum absolute atomic E-state index is 13.6. The van der Waals surface area contributed by atoms with Crippen molar-refractivity contribution in [3.8, 4) is 0 Å². The summed E-state index contributed by atoms with van der Waals surface area (Å²) < 4.78 is 31.4. The highest BCUT2D eigenvalue weighted by atomic mass is 19.1. The lowest BCUT2D eigenvalue weighted by Gasteiger charge is -2.29. The van der Waals surface area contributed by atoms with Gasteiger partial charge in [-0.2, -0.15) is 0 Å². The van der Waals surface area contributed by atoms with Gasteiger partial charge in [0.1, 0.15) is 23.0 Å². The number of carbonyl (C=O) groups is 4. The van der Waals surface area contributed by atoms with Crippen LogP contribution < -0.4 is 10.6 Å². The maximum atomic E-state index is 13.6. The molecule has 3 aromatic rings. The van der Waals surface area contributed by atoms with Crippen LogP contribution in [0.4, 0.5) is 9.18 Å². The van der Waals surface area contributed by atoms with Crippen LogP contribution in [0.1, 0.15) is 64.4 Å². The van der Waals surface area contributed by atoms with Crippen molar-refractivity contribution >= 4 is 23.8 Å². The van der Waals surface area contributed by atoms with Gasteiger partial charge in [0, 0.05) is 6.20 Å². The van der Waals surface area contributed by atoms with Gasteiger partial charge in [-0.05, 0) is 64.8 Å². The highest BCUT2D eigenvalue weighted by Crippen LogP contribution is 2.22. The monoisotopic (exact) mass is 624 g/mol. The summed E-state index contributed by atoms with van der Waals surface area (Å²) in [5.41, 5.74) is -0.517. The molecule has 0 fully saturated rings. The van der Waals surface area contributed by atoms with Gasteiger partial charge in [0.2, 0.25) is 5.91 Å². The largest absolute Gasteiger partial charge is 0.464 e. The topological polar surface area (TPSA) is 138 Å². The molecule has 2 aromatic carbocycles. The second-order valence-electron chi connectivity index (χ2n) is 11.9. The van der Waals surface area contributed by atoms with Crippen LogP contribution in [0.2, 0.25) is 0 Å². The predicted molar refractivity (Wildman–Crippen MR) is 164 cm³/mol. The fraction of sp³-hybridized carbons (Fsp3) is 0.424. The standard InChI is InChI=1S/C33H41FN4O7/c1-7-44-29(40)28(23-13-15-24(34)16-14-23)38-18-25(35-21-38)17-27(39)26(20-43-19-22-11-9-8-10-12-22)36-30(41)33(5,6)37-31(42)45-32(2,3)4/h8-16,18,21,26,28H,7,17,19-20H2,1-6H3,(H,36,41)(H,37,42)/t26-,28?/m1/s1. The number of ketones is 1. The Morgan fingerprint density at radius 2 is 1.64 bits per heavy atom. The number of esters is 1. The predicted octanol–water partition coefficient (Wildman–Crippen LogP) is 4.29. The van der Waals surface area contributed by atoms with Gasteiger partial charge in [-0.25, -0.2) is 19.0 Å². The quantitative estimate of drug-likeness (QED) is 0.254. The van der Waals surface area contributed by atoms with Crippen molar-refractivity contribution in [1.82, 2.24) is 20.2 Å².